The molecular formula is C18H17ClFN3O4S. The molecule has 10 heteroatoms. The summed E-state index contributed by atoms with van der Waals surface area (Å²) in [6, 6.07) is 1.16. The highest BCUT2D eigenvalue weighted by molar-refractivity contribution is 7.17. The smallest absolute Gasteiger partial charge is 0.419 e. The number of nitrogens with zero attached hydrogens (tertiary/aromatic N) is 3. The molecule has 0 saturated carbocycles. The van der Waals surface area contributed by atoms with Crippen LogP contribution >= 0.6 is 23.7 Å². The van der Waals surface area contributed by atoms with Crippen molar-refractivity contribution >= 4 is 56.5 Å². The lowest BCUT2D eigenvalue weighted by molar-refractivity contribution is 0.196. The summed E-state index contributed by atoms with van der Waals surface area (Å²) in [4.78, 5) is 28.9. The number of rotatable bonds is 1. The average Bonchev–Trinajstić information content (AvgIpc) is 3.06. The van der Waals surface area contributed by atoms with Crippen molar-refractivity contribution in [3.8, 4) is 5.75 Å². The van der Waals surface area contributed by atoms with Crippen LogP contribution in [0.25, 0.3) is 21.0 Å². The molecule has 1 aromatic carbocycles. The standard InChI is InChI=1S/C18H16FN3O4S.ClH/c1-20-2-4-21(5-3-20)14-11(19)6-10-13-12-9(7-26-15(13)14)8-27-17(12)22(16(10)23)18(24)25;/h6,8H,2-5,7H2,1H3,(H,24,25);1H. The molecule has 0 aliphatic carbocycles. The normalized spacial score (nSPS) is 16.4. The summed E-state index contributed by atoms with van der Waals surface area (Å²) in [6.07, 6.45) is -1.37. The van der Waals surface area contributed by atoms with E-state index < -0.39 is 17.5 Å². The number of halogens is 2. The van der Waals surface area contributed by atoms with E-state index in [1.165, 1.54) is 11.3 Å². The van der Waals surface area contributed by atoms with Crippen molar-refractivity contribution in [2.45, 2.75) is 6.61 Å². The number of benzene rings is 1. The van der Waals surface area contributed by atoms with Gasteiger partial charge in [-0.05, 0) is 13.1 Å². The second-order valence-electron chi connectivity index (χ2n) is 6.90. The van der Waals surface area contributed by atoms with Gasteiger partial charge in [-0.1, -0.05) is 0 Å². The van der Waals surface area contributed by atoms with Gasteiger partial charge < -0.3 is 19.6 Å². The summed E-state index contributed by atoms with van der Waals surface area (Å²) < 4.78 is 21.7. The molecule has 0 spiro atoms. The minimum atomic E-state index is -1.37. The fraction of sp³-hybridized carbons (Fsp3) is 0.333. The Hall–Kier alpha value is -2.36. The number of carboxylic acid groups (broad SMARTS) is 1. The molecule has 3 aromatic rings. The highest BCUT2D eigenvalue weighted by Gasteiger charge is 2.31. The van der Waals surface area contributed by atoms with Gasteiger partial charge in [0.25, 0.3) is 5.56 Å². The molecule has 0 unspecified atom stereocenters. The molecule has 1 N–H and O–H groups in total. The molecule has 28 heavy (non-hydrogen) atoms. The van der Waals surface area contributed by atoms with Crippen LogP contribution in [0.4, 0.5) is 14.9 Å². The molecule has 5 rings (SSSR count). The monoisotopic (exact) mass is 425 g/mol. The van der Waals surface area contributed by atoms with Gasteiger partial charge in [0.15, 0.2) is 11.6 Å². The van der Waals surface area contributed by atoms with Crippen LogP contribution < -0.4 is 15.2 Å². The van der Waals surface area contributed by atoms with E-state index in [1.807, 2.05) is 11.9 Å². The fourth-order valence-electron chi connectivity index (χ4n) is 3.96. The van der Waals surface area contributed by atoms with Gasteiger partial charge in [0.05, 0.1) is 5.39 Å². The lowest BCUT2D eigenvalue weighted by atomic mass is 10.0. The van der Waals surface area contributed by atoms with Gasteiger partial charge in [-0.2, -0.15) is 0 Å². The third kappa shape index (κ3) is 2.50. The van der Waals surface area contributed by atoms with E-state index in [4.69, 9.17) is 4.74 Å². The quantitative estimate of drug-likeness (QED) is 0.646. The first-order valence-electron chi connectivity index (χ1n) is 8.58. The topological polar surface area (TPSA) is 75.0 Å². The number of likely N-dealkylation sites (N-methyl/N-ethyl adjacent to an activating group) is 1. The molecule has 1 fully saturated rings. The van der Waals surface area contributed by atoms with Crippen LogP contribution in [-0.2, 0) is 6.61 Å². The molecular weight excluding hydrogens is 409 g/mol. The van der Waals surface area contributed by atoms with E-state index in [1.54, 1.807) is 5.38 Å². The number of ether oxygens (including phenoxy) is 1. The molecule has 148 valence electrons. The Labute approximate surface area is 168 Å². The van der Waals surface area contributed by atoms with Crippen LogP contribution in [0.5, 0.6) is 5.75 Å². The van der Waals surface area contributed by atoms with Gasteiger partial charge in [-0.25, -0.2) is 13.8 Å². The molecule has 2 aliphatic heterocycles. The molecule has 0 bridgehead atoms. The van der Waals surface area contributed by atoms with Crippen LogP contribution in [0.1, 0.15) is 5.56 Å². The van der Waals surface area contributed by atoms with E-state index in [9.17, 15) is 14.7 Å². The molecule has 0 amide bonds. The number of pyridine rings is 1. The highest BCUT2D eigenvalue weighted by atomic mass is 35.5. The second kappa shape index (κ2) is 6.61. The number of piperazine rings is 1. The number of anilines is 1. The van der Waals surface area contributed by atoms with E-state index in [0.717, 1.165) is 24.7 Å². The summed E-state index contributed by atoms with van der Waals surface area (Å²) in [6.45, 7) is 3.14. The van der Waals surface area contributed by atoms with Gasteiger partial charge in [-0.3, -0.25) is 4.79 Å². The average molecular weight is 426 g/mol. The number of aromatic nitrogens is 1. The van der Waals surface area contributed by atoms with Crippen molar-refractivity contribution in [2.24, 2.45) is 0 Å². The van der Waals surface area contributed by atoms with Crippen LogP contribution in [0.2, 0.25) is 0 Å². The first-order valence-corrected chi connectivity index (χ1v) is 9.46. The van der Waals surface area contributed by atoms with Crippen LogP contribution in [0.15, 0.2) is 16.2 Å². The Kier molecular flexibility index (Phi) is 4.48. The predicted molar refractivity (Wildman–Crippen MR) is 108 cm³/mol. The number of hydrogen-bond donors (Lipinski definition) is 1. The lowest BCUT2D eigenvalue weighted by Crippen LogP contribution is -2.45. The van der Waals surface area contributed by atoms with Crippen LogP contribution in [-0.4, -0.2) is 53.9 Å². The minimum Gasteiger partial charge on any atom is -0.486 e. The molecule has 4 heterocycles. The Morgan fingerprint density at radius 1 is 1.25 bits per heavy atom. The van der Waals surface area contributed by atoms with Crippen molar-refractivity contribution in [3.63, 3.8) is 0 Å². The maximum absolute atomic E-state index is 15.1. The van der Waals surface area contributed by atoms with E-state index >= 15 is 4.39 Å². The molecule has 0 atom stereocenters. The predicted octanol–water partition coefficient (Wildman–Crippen LogP) is 2.95. The van der Waals surface area contributed by atoms with Gasteiger partial charge in [0.2, 0.25) is 0 Å². The van der Waals surface area contributed by atoms with Crippen molar-refractivity contribution in [1.82, 2.24) is 9.47 Å². The third-order valence-corrected chi connectivity index (χ3v) is 6.34. The summed E-state index contributed by atoms with van der Waals surface area (Å²) in [7, 11) is 2.02. The van der Waals surface area contributed by atoms with Gasteiger partial charge in [0.1, 0.15) is 17.1 Å². The maximum Gasteiger partial charge on any atom is 0.419 e. The highest BCUT2D eigenvalue weighted by Crippen LogP contribution is 2.46. The zero-order valence-corrected chi connectivity index (χ0v) is 16.5. The Balaban J connectivity index is 0.00000192. The number of thiophene rings is 1. The largest absolute Gasteiger partial charge is 0.486 e. The molecule has 7 nitrogen and oxygen atoms in total. The summed E-state index contributed by atoms with van der Waals surface area (Å²) in [5, 5.41) is 12.5. The summed E-state index contributed by atoms with van der Waals surface area (Å²) >= 11 is 1.19. The maximum atomic E-state index is 15.1. The first kappa shape index (κ1) is 19.0. The zero-order chi connectivity index (χ0) is 18.9. The summed E-state index contributed by atoms with van der Waals surface area (Å²) in [5.74, 6) is -0.214. The van der Waals surface area contributed by atoms with Gasteiger partial charge in [-0.15, -0.1) is 23.7 Å². The SMILES string of the molecule is CN1CCN(c2c(F)cc3c(=O)n(C(=O)O)c4scc5c4c3c2OC5)CC1.Cl. The van der Waals surface area contributed by atoms with Gasteiger partial charge in [0, 0.05) is 47.9 Å². The lowest BCUT2D eigenvalue weighted by Gasteiger charge is -2.35. The fourth-order valence-corrected chi connectivity index (χ4v) is 5.01. The van der Waals surface area contributed by atoms with Gasteiger partial charge >= 0.3 is 6.09 Å². The molecule has 2 aromatic heterocycles. The Morgan fingerprint density at radius 3 is 2.64 bits per heavy atom. The van der Waals surface area contributed by atoms with Crippen molar-refractivity contribution in [1.29, 1.82) is 0 Å². The molecule has 2 aliphatic rings. The number of carbonyl (C=O) groups is 1. The van der Waals surface area contributed by atoms with E-state index in [-0.39, 0.29) is 24.4 Å². The first-order chi connectivity index (χ1) is 13.0. The van der Waals surface area contributed by atoms with Crippen LogP contribution in [0, 0.1) is 5.82 Å². The molecule has 1 saturated heterocycles. The van der Waals surface area contributed by atoms with Crippen molar-refractivity contribution < 1.29 is 19.0 Å². The second-order valence-corrected chi connectivity index (χ2v) is 7.76. The molecule has 0 radical (unpaired) electrons. The van der Waals surface area contributed by atoms with Crippen molar-refractivity contribution in [2.75, 3.05) is 38.1 Å². The zero-order valence-electron chi connectivity index (χ0n) is 14.9. The van der Waals surface area contributed by atoms with Crippen LogP contribution in [0.3, 0.4) is 0 Å². The third-order valence-electron chi connectivity index (χ3n) is 5.33. The minimum absolute atomic E-state index is 0. The number of hydrogen-bond acceptors (Lipinski definition) is 6. The summed E-state index contributed by atoms with van der Waals surface area (Å²) in [5.41, 5.74) is 0.439. The van der Waals surface area contributed by atoms with E-state index in [2.05, 4.69) is 4.90 Å². The van der Waals surface area contributed by atoms with E-state index in [0.29, 0.717) is 44.7 Å². The Morgan fingerprint density at radius 2 is 1.96 bits per heavy atom. The van der Waals surface area contributed by atoms with Crippen molar-refractivity contribution in [3.05, 3.63) is 33.2 Å². The Bertz CT molecular complexity index is 1180.